The number of halogens is 1. The van der Waals surface area contributed by atoms with Crippen LogP contribution in [0.5, 0.6) is 0 Å². The van der Waals surface area contributed by atoms with Crippen LogP contribution in [0.4, 0.5) is 11.4 Å². The third-order valence-electron chi connectivity index (χ3n) is 4.52. The smallest absolute Gasteiger partial charge is 0.293 e. The Hall–Kier alpha value is -0.890. The summed E-state index contributed by atoms with van der Waals surface area (Å²) in [5, 5.41) is 14.6. The minimum absolute atomic E-state index is 0.0217. The first-order valence-corrected chi connectivity index (χ1v) is 8.50. The molecule has 1 aliphatic carbocycles. The lowest BCUT2D eigenvalue weighted by atomic mass is 9.89. The molecule has 1 unspecified atom stereocenters. The fourth-order valence-electron chi connectivity index (χ4n) is 3.52. The molecule has 6 heteroatoms. The van der Waals surface area contributed by atoms with Gasteiger partial charge in [-0.1, -0.05) is 12.8 Å². The molecule has 114 valence electrons. The van der Waals surface area contributed by atoms with Crippen LogP contribution in [0.1, 0.15) is 38.5 Å². The van der Waals surface area contributed by atoms with Crippen LogP contribution in [0.15, 0.2) is 18.2 Å². The van der Waals surface area contributed by atoms with Crippen LogP contribution < -0.4 is 5.32 Å². The minimum atomic E-state index is -0.310. The molecule has 1 aliphatic heterocycles. The molecule has 1 aromatic carbocycles. The maximum Gasteiger partial charge on any atom is 0.293 e. The van der Waals surface area contributed by atoms with Crippen molar-refractivity contribution in [2.24, 2.45) is 0 Å². The highest BCUT2D eigenvalue weighted by atomic mass is 127. The molecule has 1 heterocycles. The summed E-state index contributed by atoms with van der Waals surface area (Å²) in [5.74, 6) is 0. The van der Waals surface area contributed by atoms with Crippen molar-refractivity contribution in [1.29, 1.82) is 0 Å². The van der Waals surface area contributed by atoms with Crippen LogP contribution in [0, 0.1) is 13.7 Å². The maximum absolute atomic E-state index is 11.2. The van der Waals surface area contributed by atoms with E-state index >= 15 is 0 Å². The van der Waals surface area contributed by atoms with E-state index in [2.05, 4.69) is 27.9 Å². The Bertz CT molecular complexity index is 544. The Morgan fingerprint density at radius 2 is 2.14 bits per heavy atom. The number of nitro benzene ring substituents is 1. The highest BCUT2D eigenvalue weighted by Gasteiger charge is 2.40. The van der Waals surface area contributed by atoms with Crippen molar-refractivity contribution in [2.45, 2.75) is 50.2 Å². The number of nitrogens with zero attached hydrogens (tertiary/aromatic N) is 1. The van der Waals surface area contributed by atoms with E-state index in [1.54, 1.807) is 6.07 Å². The zero-order valence-electron chi connectivity index (χ0n) is 11.8. The summed E-state index contributed by atoms with van der Waals surface area (Å²) in [4.78, 5) is 10.9. The van der Waals surface area contributed by atoms with Gasteiger partial charge in [-0.2, -0.15) is 0 Å². The lowest BCUT2D eigenvalue weighted by Gasteiger charge is -2.38. The molecular formula is C15H19IN2O3. The molecule has 1 N–H and O–H groups in total. The summed E-state index contributed by atoms with van der Waals surface area (Å²) in [5.41, 5.74) is 0.808. The highest BCUT2D eigenvalue weighted by Crippen LogP contribution is 2.41. The molecule has 1 spiro atoms. The van der Waals surface area contributed by atoms with Gasteiger partial charge in [-0.3, -0.25) is 10.1 Å². The molecule has 3 rings (SSSR count). The molecule has 1 saturated heterocycles. The summed E-state index contributed by atoms with van der Waals surface area (Å²) in [7, 11) is 0. The molecule has 1 atom stereocenters. The van der Waals surface area contributed by atoms with Gasteiger partial charge in [-0.25, -0.2) is 0 Å². The lowest BCUT2D eigenvalue weighted by molar-refractivity contribution is -0.384. The lowest BCUT2D eigenvalue weighted by Crippen LogP contribution is -2.42. The molecule has 1 aromatic rings. The number of rotatable bonds is 3. The third kappa shape index (κ3) is 3.31. The van der Waals surface area contributed by atoms with Gasteiger partial charge >= 0.3 is 0 Å². The molecule has 0 bridgehead atoms. The average molecular weight is 402 g/mol. The number of nitro groups is 1. The second-order valence-corrected chi connectivity index (χ2v) is 7.24. The molecule has 2 fully saturated rings. The molecule has 2 aliphatic rings. The molecule has 0 aromatic heterocycles. The molecule has 1 saturated carbocycles. The molecule has 0 radical (unpaired) electrons. The van der Waals surface area contributed by atoms with E-state index in [0.29, 0.717) is 5.69 Å². The zero-order valence-corrected chi connectivity index (χ0v) is 14.0. The van der Waals surface area contributed by atoms with E-state index in [1.165, 1.54) is 12.8 Å². The molecule has 21 heavy (non-hydrogen) atoms. The van der Waals surface area contributed by atoms with Crippen LogP contribution in [0.3, 0.4) is 0 Å². The van der Waals surface area contributed by atoms with Crippen molar-refractivity contribution >= 4 is 34.0 Å². The Kier molecular flexibility index (Phi) is 4.35. The first-order valence-electron chi connectivity index (χ1n) is 7.42. The van der Waals surface area contributed by atoms with Gasteiger partial charge in [0.05, 0.1) is 10.5 Å². The van der Waals surface area contributed by atoms with Crippen molar-refractivity contribution < 1.29 is 9.66 Å². The van der Waals surface area contributed by atoms with Gasteiger partial charge in [0.25, 0.3) is 5.69 Å². The summed E-state index contributed by atoms with van der Waals surface area (Å²) in [6, 6.07) is 5.60. The monoisotopic (exact) mass is 402 g/mol. The minimum Gasteiger partial charge on any atom is -0.377 e. The van der Waals surface area contributed by atoms with Gasteiger partial charge in [0, 0.05) is 22.3 Å². The van der Waals surface area contributed by atoms with Crippen LogP contribution in [0.2, 0.25) is 0 Å². The van der Waals surface area contributed by atoms with Crippen molar-refractivity contribution in [3.63, 3.8) is 0 Å². The third-order valence-corrected chi connectivity index (χ3v) is 5.19. The second-order valence-electron chi connectivity index (χ2n) is 5.99. The van der Waals surface area contributed by atoms with Gasteiger partial charge in [0.1, 0.15) is 5.69 Å². The predicted molar refractivity (Wildman–Crippen MR) is 89.6 cm³/mol. The van der Waals surface area contributed by atoms with Crippen molar-refractivity contribution in [2.75, 3.05) is 11.9 Å². The highest BCUT2D eigenvalue weighted by molar-refractivity contribution is 14.1. The van der Waals surface area contributed by atoms with Crippen molar-refractivity contribution in [3.05, 3.63) is 31.9 Å². The summed E-state index contributed by atoms with van der Waals surface area (Å²) < 4.78 is 6.89. The van der Waals surface area contributed by atoms with Crippen LogP contribution >= 0.6 is 22.6 Å². The first-order chi connectivity index (χ1) is 10.1. The van der Waals surface area contributed by atoms with E-state index < -0.39 is 0 Å². The number of ether oxygens (including phenoxy) is 1. The second kappa shape index (κ2) is 6.08. The summed E-state index contributed by atoms with van der Waals surface area (Å²) in [6.07, 6.45) is 6.58. The SMILES string of the molecule is O=[N+]([O-])c1cc(I)ccc1NC1CCOC2(CCCC2)C1. The van der Waals surface area contributed by atoms with Gasteiger partial charge in [-0.05, 0) is 60.4 Å². The number of nitrogens with one attached hydrogen (secondary N) is 1. The largest absolute Gasteiger partial charge is 0.377 e. The molecule has 5 nitrogen and oxygen atoms in total. The molecular weight excluding hydrogens is 383 g/mol. The van der Waals surface area contributed by atoms with Crippen LogP contribution in [0.25, 0.3) is 0 Å². The number of anilines is 1. The number of hydrogen-bond acceptors (Lipinski definition) is 4. The number of benzene rings is 1. The average Bonchev–Trinajstić information content (AvgIpc) is 2.88. The van der Waals surface area contributed by atoms with E-state index in [9.17, 15) is 10.1 Å². The Morgan fingerprint density at radius 3 is 2.86 bits per heavy atom. The van der Waals surface area contributed by atoms with Gasteiger partial charge < -0.3 is 10.1 Å². The maximum atomic E-state index is 11.2. The Balaban J connectivity index is 1.75. The quantitative estimate of drug-likeness (QED) is 0.470. The number of hydrogen-bond donors (Lipinski definition) is 1. The van der Waals surface area contributed by atoms with E-state index in [4.69, 9.17) is 4.74 Å². The topological polar surface area (TPSA) is 64.4 Å². The Labute approximate surface area is 137 Å². The first kappa shape index (κ1) is 15.0. The van der Waals surface area contributed by atoms with Crippen LogP contribution in [-0.2, 0) is 4.74 Å². The van der Waals surface area contributed by atoms with Gasteiger partial charge in [0.2, 0.25) is 0 Å². The summed E-state index contributed by atoms with van der Waals surface area (Å²) >= 11 is 2.10. The Morgan fingerprint density at radius 1 is 1.38 bits per heavy atom. The molecule has 0 amide bonds. The normalized spacial score (nSPS) is 24.1. The standard InChI is InChI=1S/C15H19IN2O3/c16-11-3-4-13(14(9-11)18(19)20)17-12-5-8-21-15(10-12)6-1-2-7-15/h3-4,9,12,17H,1-2,5-8,10H2. The fourth-order valence-corrected chi connectivity index (χ4v) is 3.99. The fraction of sp³-hybridized carbons (Fsp3) is 0.600. The predicted octanol–water partition coefficient (Wildman–Crippen LogP) is 4.10. The van der Waals surface area contributed by atoms with Gasteiger partial charge in [0.15, 0.2) is 0 Å². The van der Waals surface area contributed by atoms with E-state index in [1.807, 2.05) is 12.1 Å². The summed E-state index contributed by atoms with van der Waals surface area (Å²) in [6.45, 7) is 0.746. The van der Waals surface area contributed by atoms with Crippen LogP contribution in [-0.4, -0.2) is 23.2 Å². The zero-order chi connectivity index (χ0) is 14.9. The van der Waals surface area contributed by atoms with E-state index in [0.717, 1.165) is 35.9 Å². The van der Waals surface area contributed by atoms with Gasteiger partial charge in [-0.15, -0.1) is 0 Å². The van der Waals surface area contributed by atoms with Crippen molar-refractivity contribution in [3.8, 4) is 0 Å². The van der Waals surface area contributed by atoms with Crippen molar-refractivity contribution in [1.82, 2.24) is 0 Å². The van der Waals surface area contributed by atoms with E-state index in [-0.39, 0.29) is 22.3 Å².